The van der Waals surface area contributed by atoms with Crippen LogP contribution in [0.15, 0.2) is 18.2 Å². The fourth-order valence-electron chi connectivity index (χ4n) is 2.60. The first kappa shape index (κ1) is 17.9. The zero-order chi connectivity index (χ0) is 14.6. The van der Waals surface area contributed by atoms with Crippen LogP contribution < -0.4 is 10.6 Å². The van der Waals surface area contributed by atoms with Crippen LogP contribution in [0.3, 0.4) is 0 Å². The van der Waals surface area contributed by atoms with Gasteiger partial charge in [-0.1, -0.05) is 0 Å². The third-order valence-corrected chi connectivity index (χ3v) is 3.88. The zero-order valence-electron chi connectivity index (χ0n) is 12.4. The van der Waals surface area contributed by atoms with E-state index in [4.69, 9.17) is 4.74 Å². The third kappa shape index (κ3) is 4.15. The highest BCUT2D eigenvalue weighted by molar-refractivity contribution is 5.95. The number of hydrogen-bond acceptors (Lipinski definition) is 3. The summed E-state index contributed by atoms with van der Waals surface area (Å²) in [7, 11) is 1.61. The van der Waals surface area contributed by atoms with Crippen molar-refractivity contribution in [2.24, 2.45) is 5.41 Å². The first-order valence-electron chi connectivity index (χ1n) is 6.85. The number of hydrogen-bond donors (Lipinski definition) is 2. The fourth-order valence-corrected chi connectivity index (χ4v) is 2.60. The molecule has 21 heavy (non-hydrogen) atoms. The van der Waals surface area contributed by atoms with Crippen LogP contribution in [0.5, 0.6) is 0 Å². The minimum Gasteiger partial charge on any atom is -0.384 e. The van der Waals surface area contributed by atoms with E-state index in [9.17, 15) is 9.18 Å². The van der Waals surface area contributed by atoms with Gasteiger partial charge in [0.15, 0.2) is 0 Å². The maximum atomic E-state index is 13.2. The molecule has 6 heteroatoms. The molecule has 1 fully saturated rings. The molecule has 0 saturated carbocycles. The van der Waals surface area contributed by atoms with E-state index < -0.39 is 5.41 Å². The zero-order valence-corrected chi connectivity index (χ0v) is 13.2. The highest BCUT2D eigenvalue weighted by Crippen LogP contribution is 2.31. The van der Waals surface area contributed by atoms with Crippen LogP contribution in [0.2, 0.25) is 0 Å². The summed E-state index contributed by atoms with van der Waals surface area (Å²) >= 11 is 0. The molecule has 1 aromatic rings. The van der Waals surface area contributed by atoms with Crippen LogP contribution in [-0.2, 0) is 9.53 Å². The normalized spacial score (nSPS) is 16.9. The second-order valence-corrected chi connectivity index (χ2v) is 5.38. The molecule has 1 aromatic carbocycles. The van der Waals surface area contributed by atoms with Gasteiger partial charge in [-0.05, 0) is 56.6 Å². The lowest BCUT2D eigenvalue weighted by molar-refractivity contribution is -0.130. The highest BCUT2D eigenvalue weighted by Gasteiger charge is 2.39. The Labute approximate surface area is 130 Å². The first-order valence-corrected chi connectivity index (χ1v) is 6.85. The Bertz CT molecular complexity index is 485. The van der Waals surface area contributed by atoms with Gasteiger partial charge in [0.25, 0.3) is 0 Å². The molecule has 0 aromatic heterocycles. The summed E-state index contributed by atoms with van der Waals surface area (Å²) < 4.78 is 18.5. The molecule has 1 heterocycles. The summed E-state index contributed by atoms with van der Waals surface area (Å²) in [5, 5.41) is 6.14. The van der Waals surface area contributed by atoms with Gasteiger partial charge < -0.3 is 15.4 Å². The number of halogens is 2. The molecule has 1 aliphatic rings. The number of methoxy groups -OCH3 is 1. The van der Waals surface area contributed by atoms with E-state index in [-0.39, 0.29) is 24.1 Å². The second-order valence-electron chi connectivity index (χ2n) is 5.38. The lowest BCUT2D eigenvalue weighted by atomic mass is 9.78. The van der Waals surface area contributed by atoms with E-state index in [0.29, 0.717) is 17.9 Å². The van der Waals surface area contributed by atoms with E-state index in [1.54, 1.807) is 26.2 Å². The minimum absolute atomic E-state index is 0. The predicted molar refractivity (Wildman–Crippen MR) is 83.4 cm³/mol. The van der Waals surface area contributed by atoms with Crippen molar-refractivity contribution in [1.29, 1.82) is 0 Å². The number of amides is 1. The van der Waals surface area contributed by atoms with Crippen LogP contribution in [0.25, 0.3) is 0 Å². The molecular formula is C15H22ClFN2O2. The van der Waals surface area contributed by atoms with E-state index in [2.05, 4.69) is 10.6 Å². The van der Waals surface area contributed by atoms with E-state index in [1.807, 2.05) is 0 Å². The lowest BCUT2D eigenvalue weighted by Gasteiger charge is -2.35. The molecule has 0 unspecified atom stereocenters. The van der Waals surface area contributed by atoms with Gasteiger partial charge in [0, 0.05) is 12.8 Å². The number of carbonyl (C=O) groups is 1. The number of benzene rings is 1. The summed E-state index contributed by atoms with van der Waals surface area (Å²) in [6.45, 7) is 3.69. The topological polar surface area (TPSA) is 50.4 Å². The van der Waals surface area contributed by atoms with Gasteiger partial charge >= 0.3 is 0 Å². The average Bonchev–Trinajstić information content (AvgIpc) is 2.44. The second kappa shape index (κ2) is 7.73. The van der Waals surface area contributed by atoms with Crippen LogP contribution in [-0.4, -0.2) is 32.7 Å². The highest BCUT2D eigenvalue weighted by atomic mass is 35.5. The summed E-state index contributed by atoms with van der Waals surface area (Å²) in [6, 6.07) is 4.60. The summed E-state index contributed by atoms with van der Waals surface area (Å²) in [5.74, 6) is -0.316. The Morgan fingerprint density at radius 2 is 2.10 bits per heavy atom. The number of ether oxygens (including phenoxy) is 1. The van der Waals surface area contributed by atoms with Gasteiger partial charge in [-0.2, -0.15) is 0 Å². The van der Waals surface area contributed by atoms with Gasteiger partial charge in [-0.25, -0.2) is 4.39 Å². The molecule has 4 nitrogen and oxygen atoms in total. The molecule has 0 radical (unpaired) electrons. The molecule has 1 amide bonds. The number of rotatable bonds is 4. The molecule has 1 saturated heterocycles. The van der Waals surface area contributed by atoms with Crippen molar-refractivity contribution < 1.29 is 13.9 Å². The maximum absolute atomic E-state index is 13.2. The minimum atomic E-state index is -0.498. The van der Waals surface area contributed by atoms with Crippen LogP contribution in [0.4, 0.5) is 10.1 Å². The number of anilines is 1. The predicted octanol–water partition coefficient (Wildman–Crippen LogP) is 2.51. The monoisotopic (exact) mass is 316 g/mol. The van der Waals surface area contributed by atoms with Crippen molar-refractivity contribution in [1.82, 2.24) is 5.32 Å². The Morgan fingerprint density at radius 3 is 2.67 bits per heavy atom. The summed E-state index contributed by atoms with van der Waals surface area (Å²) in [5.41, 5.74) is 0.652. The largest absolute Gasteiger partial charge is 0.384 e. The van der Waals surface area contributed by atoms with E-state index in [0.717, 1.165) is 25.9 Å². The van der Waals surface area contributed by atoms with Gasteiger partial charge in [0.2, 0.25) is 5.91 Å². The maximum Gasteiger partial charge on any atom is 0.233 e. The van der Waals surface area contributed by atoms with Gasteiger partial charge in [0.1, 0.15) is 5.82 Å². The first-order chi connectivity index (χ1) is 9.57. The Kier molecular flexibility index (Phi) is 6.58. The number of nitrogens with one attached hydrogen (secondary N) is 2. The quantitative estimate of drug-likeness (QED) is 0.897. The molecule has 2 rings (SSSR count). The van der Waals surface area contributed by atoms with Crippen molar-refractivity contribution in [2.45, 2.75) is 19.8 Å². The smallest absolute Gasteiger partial charge is 0.233 e. The molecule has 0 aliphatic carbocycles. The summed E-state index contributed by atoms with van der Waals surface area (Å²) in [4.78, 5) is 12.6. The SMILES string of the molecule is COCC1(C(=O)Nc2ccc(F)c(C)c2)CCNCC1.Cl. The van der Waals surface area contributed by atoms with Gasteiger partial charge in [-0.15, -0.1) is 12.4 Å². The van der Waals surface area contributed by atoms with Gasteiger partial charge in [0.05, 0.1) is 12.0 Å². The fraction of sp³-hybridized carbons (Fsp3) is 0.533. The Balaban J connectivity index is 0.00000220. The molecule has 118 valence electrons. The third-order valence-electron chi connectivity index (χ3n) is 3.88. The van der Waals surface area contributed by atoms with Crippen LogP contribution in [0, 0.1) is 18.2 Å². The van der Waals surface area contributed by atoms with Crippen LogP contribution in [0.1, 0.15) is 18.4 Å². The Hall–Kier alpha value is -1.17. The molecule has 0 atom stereocenters. The number of piperidine rings is 1. The average molecular weight is 317 g/mol. The van der Waals surface area contributed by atoms with E-state index >= 15 is 0 Å². The van der Waals surface area contributed by atoms with Gasteiger partial charge in [-0.3, -0.25) is 4.79 Å². The van der Waals surface area contributed by atoms with Crippen LogP contribution >= 0.6 is 12.4 Å². The molecule has 2 N–H and O–H groups in total. The van der Waals surface area contributed by atoms with Crippen molar-refractivity contribution in [3.63, 3.8) is 0 Å². The molecular weight excluding hydrogens is 295 g/mol. The number of aryl methyl sites for hydroxylation is 1. The number of carbonyl (C=O) groups excluding carboxylic acids is 1. The standard InChI is InChI=1S/C15H21FN2O2.ClH/c1-11-9-12(3-4-13(11)16)18-14(19)15(10-20-2)5-7-17-8-6-15;/h3-4,9,17H,5-8,10H2,1-2H3,(H,18,19);1H. The Morgan fingerprint density at radius 1 is 1.43 bits per heavy atom. The van der Waals surface area contributed by atoms with E-state index in [1.165, 1.54) is 6.07 Å². The molecule has 1 aliphatic heterocycles. The molecule has 0 bridgehead atoms. The van der Waals surface area contributed by atoms with Crippen molar-refractivity contribution in [3.8, 4) is 0 Å². The lowest BCUT2D eigenvalue weighted by Crippen LogP contribution is -2.47. The van der Waals surface area contributed by atoms with Crippen molar-refractivity contribution >= 4 is 24.0 Å². The summed E-state index contributed by atoms with van der Waals surface area (Å²) in [6.07, 6.45) is 1.49. The molecule has 0 spiro atoms. The van der Waals surface area contributed by atoms with Crippen molar-refractivity contribution in [2.75, 3.05) is 32.1 Å². The van der Waals surface area contributed by atoms with Crippen molar-refractivity contribution in [3.05, 3.63) is 29.6 Å².